The molecule has 0 aromatic carbocycles. The Balaban J connectivity index is 1.67. The molecule has 3 N–H and O–H groups in total. The molecule has 128 valence electrons. The van der Waals surface area contributed by atoms with Crippen molar-refractivity contribution in [2.24, 2.45) is 5.10 Å². The molecule has 0 aliphatic carbocycles. The van der Waals surface area contributed by atoms with Crippen molar-refractivity contribution in [3.05, 3.63) is 22.3 Å². The van der Waals surface area contributed by atoms with E-state index in [4.69, 9.17) is 10.5 Å². The van der Waals surface area contributed by atoms with Crippen LogP contribution in [0, 0.1) is 6.92 Å². The number of aryl methyl sites for hydroxylation is 1. The number of nitrogens with zero attached hydrogens (tertiary/aromatic N) is 4. The van der Waals surface area contributed by atoms with Gasteiger partial charge < -0.3 is 15.4 Å². The van der Waals surface area contributed by atoms with Crippen LogP contribution in [0.5, 0.6) is 0 Å². The lowest BCUT2D eigenvalue weighted by molar-refractivity contribution is 0.0950. The topological polar surface area (TPSA) is 106 Å². The zero-order chi connectivity index (χ0) is 17.1. The summed E-state index contributed by atoms with van der Waals surface area (Å²) in [4.78, 5) is 18.7. The fourth-order valence-electron chi connectivity index (χ4n) is 2.34. The molecule has 0 unspecified atom stereocenters. The van der Waals surface area contributed by atoms with E-state index in [0.717, 1.165) is 29.5 Å². The van der Waals surface area contributed by atoms with Crippen LogP contribution in [0.4, 0.5) is 10.1 Å². The molecule has 24 heavy (non-hydrogen) atoms. The molecular weight excluding hydrogens is 348 g/mol. The van der Waals surface area contributed by atoms with Gasteiger partial charge in [-0.15, -0.1) is 11.3 Å². The minimum absolute atomic E-state index is 0.343. The Morgan fingerprint density at radius 2 is 2.21 bits per heavy atom. The van der Waals surface area contributed by atoms with Crippen LogP contribution in [-0.4, -0.2) is 47.3 Å². The lowest BCUT2D eigenvalue weighted by atomic mass is 10.2. The van der Waals surface area contributed by atoms with Crippen molar-refractivity contribution in [2.75, 3.05) is 36.9 Å². The minimum atomic E-state index is -0.343. The highest BCUT2D eigenvalue weighted by molar-refractivity contribution is 7.14. The first-order valence-corrected chi connectivity index (χ1v) is 9.06. The Morgan fingerprint density at radius 1 is 1.46 bits per heavy atom. The Morgan fingerprint density at radius 3 is 2.88 bits per heavy atom. The summed E-state index contributed by atoms with van der Waals surface area (Å²) < 4.78 is 9.49. The maximum Gasteiger partial charge on any atom is 0.290 e. The summed E-state index contributed by atoms with van der Waals surface area (Å²) in [6, 6.07) is 0. The number of ether oxygens (including phenoxy) is 1. The molecular formula is C14H18N6O2S2. The zero-order valence-electron chi connectivity index (χ0n) is 13.4. The average molecular weight is 366 g/mol. The number of aromatic nitrogens is 2. The van der Waals surface area contributed by atoms with Crippen LogP contribution < -0.4 is 16.1 Å². The van der Waals surface area contributed by atoms with Crippen molar-refractivity contribution in [3.63, 3.8) is 0 Å². The molecule has 3 rings (SSSR count). The SMILES string of the molecule is C/C(=N/NC(=O)c1csc(N2CCOCC2)n1)c1c(C)nsc1N. The van der Waals surface area contributed by atoms with E-state index in [9.17, 15) is 4.79 Å². The van der Waals surface area contributed by atoms with Gasteiger partial charge in [0.05, 0.1) is 30.2 Å². The predicted molar refractivity (Wildman–Crippen MR) is 96.1 cm³/mol. The second kappa shape index (κ2) is 7.24. The molecule has 2 aromatic rings. The Kier molecular flexibility index (Phi) is 5.07. The smallest absolute Gasteiger partial charge is 0.290 e. The minimum Gasteiger partial charge on any atom is -0.389 e. The van der Waals surface area contributed by atoms with Gasteiger partial charge in [0.25, 0.3) is 5.91 Å². The van der Waals surface area contributed by atoms with Gasteiger partial charge in [-0.2, -0.15) is 9.47 Å². The Bertz CT molecular complexity index is 744. The molecule has 8 nitrogen and oxygen atoms in total. The van der Waals surface area contributed by atoms with Gasteiger partial charge in [-0.25, -0.2) is 10.4 Å². The zero-order valence-corrected chi connectivity index (χ0v) is 15.0. The number of anilines is 2. The molecule has 1 fully saturated rings. The van der Waals surface area contributed by atoms with E-state index in [1.807, 2.05) is 6.92 Å². The third-order valence-corrected chi connectivity index (χ3v) is 5.25. The van der Waals surface area contributed by atoms with E-state index in [1.165, 1.54) is 22.9 Å². The summed E-state index contributed by atoms with van der Waals surface area (Å²) >= 11 is 2.66. The molecule has 0 bridgehead atoms. The first-order valence-electron chi connectivity index (χ1n) is 7.41. The maximum absolute atomic E-state index is 12.2. The third kappa shape index (κ3) is 3.55. The van der Waals surface area contributed by atoms with Crippen molar-refractivity contribution in [1.29, 1.82) is 0 Å². The van der Waals surface area contributed by atoms with E-state index >= 15 is 0 Å². The van der Waals surface area contributed by atoms with Crippen molar-refractivity contribution < 1.29 is 9.53 Å². The van der Waals surface area contributed by atoms with E-state index in [2.05, 4.69) is 24.8 Å². The van der Waals surface area contributed by atoms with Crippen LogP contribution in [0.2, 0.25) is 0 Å². The number of hydrogen-bond acceptors (Lipinski definition) is 9. The Labute approximate surface area is 147 Å². The number of nitrogens with one attached hydrogen (secondary N) is 1. The summed E-state index contributed by atoms with van der Waals surface area (Å²) in [6.07, 6.45) is 0. The molecule has 1 amide bonds. The number of amides is 1. The van der Waals surface area contributed by atoms with Gasteiger partial charge in [0.2, 0.25) is 0 Å². The van der Waals surface area contributed by atoms with E-state index in [1.54, 1.807) is 12.3 Å². The van der Waals surface area contributed by atoms with Crippen molar-refractivity contribution in [1.82, 2.24) is 14.8 Å². The number of nitrogen functional groups attached to an aromatic ring is 1. The largest absolute Gasteiger partial charge is 0.389 e. The first-order chi connectivity index (χ1) is 11.6. The van der Waals surface area contributed by atoms with Crippen LogP contribution in [0.1, 0.15) is 28.7 Å². The van der Waals surface area contributed by atoms with Gasteiger partial charge in [-0.3, -0.25) is 4.79 Å². The number of thiazole rings is 1. The maximum atomic E-state index is 12.2. The summed E-state index contributed by atoms with van der Waals surface area (Å²) in [7, 11) is 0. The van der Waals surface area contributed by atoms with Crippen LogP contribution in [0.25, 0.3) is 0 Å². The van der Waals surface area contributed by atoms with E-state index in [-0.39, 0.29) is 5.91 Å². The third-order valence-electron chi connectivity index (χ3n) is 3.58. The average Bonchev–Trinajstić information content (AvgIpc) is 3.20. The van der Waals surface area contributed by atoms with Crippen molar-refractivity contribution in [2.45, 2.75) is 13.8 Å². The van der Waals surface area contributed by atoms with E-state index < -0.39 is 0 Å². The van der Waals surface area contributed by atoms with Gasteiger partial charge in [0, 0.05) is 18.5 Å². The molecule has 3 heterocycles. The number of carbonyl (C=O) groups is 1. The van der Waals surface area contributed by atoms with Gasteiger partial charge in [-0.1, -0.05) is 0 Å². The number of carbonyl (C=O) groups excluding carboxylic acids is 1. The number of hydrogen-bond donors (Lipinski definition) is 2. The summed E-state index contributed by atoms with van der Waals surface area (Å²) in [5.74, 6) is -0.343. The van der Waals surface area contributed by atoms with Crippen molar-refractivity contribution >= 4 is 44.6 Å². The monoisotopic (exact) mass is 366 g/mol. The van der Waals surface area contributed by atoms with Crippen LogP contribution in [0.3, 0.4) is 0 Å². The first kappa shape index (κ1) is 16.8. The fraction of sp³-hybridized carbons (Fsp3) is 0.429. The standard InChI is InChI=1S/C14H18N6O2S2/c1-8(11-9(2)19-24-12(11)15)17-18-13(21)10-7-23-14(16-10)20-3-5-22-6-4-20/h7H,3-6,15H2,1-2H3,(H,18,21)/b17-8-. The molecule has 0 spiro atoms. The summed E-state index contributed by atoms with van der Waals surface area (Å²) in [5.41, 5.74) is 11.0. The van der Waals surface area contributed by atoms with Crippen LogP contribution in [0.15, 0.2) is 10.5 Å². The quantitative estimate of drug-likeness (QED) is 0.627. The molecule has 2 aromatic heterocycles. The second-order valence-electron chi connectivity index (χ2n) is 5.26. The molecule has 10 heteroatoms. The highest BCUT2D eigenvalue weighted by Gasteiger charge is 2.17. The highest BCUT2D eigenvalue weighted by atomic mass is 32.1. The highest BCUT2D eigenvalue weighted by Crippen LogP contribution is 2.22. The van der Waals surface area contributed by atoms with Crippen molar-refractivity contribution in [3.8, 4) is 0 Å². The lowest BCUT2D eigenvalue weighted by Crippen LogP contribution is -2.36. The number of nitrogens with two attached hydrogens (primary N) is 1. The Hall–Kier alpha value is -2.04. The second-order valence-corrected chi connectivity index (χ2v) is 6.90. The normalized spacial score (nSPS) is 15.6. The molecule has 0 radical (unpaired) electrons. The summed E-state index contributed by atoms with van der Waals surface area (Å²) in [5, 5.41) is 7.27. The summed E-state index contributed by atoms with van der Waals surface area (Å²) in [6.45, 7) is 6.58. The van der Waals surface area contributed by atoms with Gasteiger partial charge >= 0.3 is 0 Å². The lowest BCUT2D eigenvalue weighted by Gasteiger charge is -2.25. The molecule has 0 atom stereocenters. The van der Waals surface area contributed by atoms with Gasteiger partial charge in [0.15, 0.2) is 5.13 Å². The van der Waals surface area contributed by atoms with Gasteiger partial charge in [0.1, 0.15) is 10.7 Å². The number of hydrazone groups is 1. The van der Waals surface area contributed by atoms with Gasteiger partial charge in [-0.05, 0) is 25.4 Å². The van der Waals surface area contributed by atoms with E-state index in [0.29, 0.717) is 29.6 Å². The molecule has 1 aliphatic rings. The predicted octanol–water partition coefficient (Wildman–Crippen LogP) is 1.48. The molecule has 1 aliphatic heterocycles. The fourth-order valence-corrected chi connectivity index (χ4v) is 3.92. The number of morpholine rings is 1. The molecule has 1 saturated heterocycles. The number of rotatable bonds is 4. The molecule has 0 saturated carbocycles. The van der Waals surface area contributed by atoms with Crippen LogP contribution >= 0.6 is 22.9 Å². The van der Waals surface area contributed by atoms with Crippen LogP contribution in [-0.2, 0) is 4.74 Å².